The number of rotatable bonds is 7. The fourth-order valence-electron chi connectivity index (χ4n) is 3.63. The Morgan fingerprint density at radius 1 is 1.13 bits per heavy atom. The molecule has 0 aliphatic carbocycles. The molecule has 0 amide bonds. The molecule has 10 nitrogen and oxygen atoms in total. The number of nitro benzene ring substituents is 1. The second kappa shape index (κ2) is 10.7. The Bertz CT molecular complexity index is 1670. The van der Waals surface area contributed by atoms with Gasteiger partial charge in [0.2, 0.25) is 0 Å². The van der Waals surface area contributed by atoms with Crippen molar-refractivity contribution in [3.05, 3.63) is 98.3 Å². The summed E-state index contributed by atoms with van der Waals surface area (Å²) >= 11 is 0. The topological polar surface area (TPSA) is 126 Å². The van der Waals surface area contributed by atoms with Crippen LogP contribution < -0.4 is 10.3 Å². The molecule has 0 unspecified atom stereocenters. The van der Waals surface area contributed by atoms with Crippen LogP contribution in [0.3, 0.4) is 0 Å². The van der Waals surface area contributed by atoms with Gasteiger partial charge < -0.3 is 9.47 Å². The van der Waals surface area contributed by atoms with Gasteiger partial charge in [0.15, 0.2) is 11.9 Å². The summed E-state index contributed by atoms with van der Waals surface area (Å²) in [5.41, 5.74) is -1.79. The molecular weight excluding hydrogens is 521 g/mol. The Labute approximate surface area is 218 Å². The van der Waals surface area contributed by atoms with Crippen molar-refractivity contribution in [3.8, 4) is 17.1 Å². The third-order valence-electron chi connectivity index (χ3n) is 5.56. The lowest BCUT2D eigenvalue weighted by Gasteiger charge is -2.14. The monoisotopic (exact) mass is 540 g/mol. The molecule has 13 heteroatoms. The van der Waals surface area contributed by atoms with Crippen molar-refractivity contribution < 1.29 is 32.4 Å². The zero-order valence-electron chi connectivity index (χ0n) is 20.4. The van der Waals surface area contributed by atoms with Gasteiger partial charge in [0, 0.05) is 23.3 Å². The molecule has 0 aliphatic heterocycles. The lowest BCUT2D eigenvalue weighted by Crippen LogP contribution is -2.25. The van der Waals surface area contributed by atoms with Crippen LogP contribution in [0.5, 0.6) is 5.75 Å². The summed E-state index contributed by atoms with van der Waals surface area (Å²) in [5.74, 6) is -0.903. The van der Waals surface area contributed by atoms with Crippen molar-refractivity contribution in [3.63, 3.8) is 0 Å². The fourth-order valence-corrected chi connectivity index (χ4v) is 3.63. The van der Waals surface area contributed by atoms with E-state index in [1.165, 1.54) is 37.3 Å². The summed E-state index contributed by atoms with van der Waals surface area (Å²) < 4.78 is 51.2. The number of hydrogen-bond acceptors (Lipinski definition) is 8. The molecule has 0 fully saturated rings. The molecule has 0 N–H and O–H groups in total. The van der Waals surface area contributed by atoms with Gasteiger partial charge in [-0.05, 0) is 37.3 Å². The zero-order valence-corrected chi connectivity index (χ0v) is 20.4. The number of carbonyl (C=O) groups excluding carboxylic acids is 1. The van der Waals surface area contributed by atoms with Crippen LogP contribution in [0, 0.1) is 10.1 Å². The number of halogens is 3. The Balaban J connectivity index is 1.91. The van der Waals surface area contributed by atoms with Crippen LogP contribution in [0.25, 0.3) is 22.3 Å². The maximum absolute atomic E-state index is 13.4. The van der Waals surface area contributed by atoms with Crippen LogP contribution in [-0.4, -0.2) is 40.0 Å². The maximum atomic E-state index is 13.4. The number of alkyl halides is 3. The van der Waals surface area contributed by atoms with E-state index in [9.17, 15) is 32.9 Å². The average Bonchev–Trinajstić information content (AvgIpc) is 2.92. The van der Waals surface area contributed by atoms with Crippen LogP contribution >= 0.6 is 0 Å². The summed E-state index contributed by atoms with van der Waals surface area (Å²) in [6, 6.07) is 13.9. The molecule has 4 rings (SSSR count). The number of nitro groups is 1. The van der Waals surface area contributed by atoms with Gasteiger partial charge in [0.05, 0.1) is 34.7 Å². The predicted molar refractivity (Wildman–Crippen MR) is 135 cm³/mol. The number of hydrogen-bond donors (Lipinski definition) is 0. The van der Waals surface area contributed by atoms with Crippen molar-refractivity contribution >= 4 is 28.8 Å². The van der Waals surface area contributed by atoms with Gasteiger partial charge in [0.25, 0.3) is 11.2 Å². The summed E-state index contributed by atoms with van der Waals surface area (Å²) in [6.45, 7) is 1.40. The first kappa shape index (κ1) is 27.0. The standard InChI is InChI=1S/C26H19F3N4O6/c1-15(25(35)38-2)39-22-11-10-19(33(36)37)13-17(22)14-30-32-23(16-6-5-7-18(12-16)26(27,28)29)31-21-9-4-3-8-20(21)24(32)34/h3-15H,1-2H3/t15-/m1/s1. The van der Waals surface area contributed by atoms with Crippen molar-refractivity contribution in [2.75, 3.05) is 7.11 Å². The molecule has 3 aromatic carbocycles. The van der Waals surface area contributed by atoms with E-state index in [-0.39, 0.29) is 39.3 Å². The minimum absolute atomic E-state index is 0.00432. The van der Waals surface area contributed by atoms with E-state index in [0.29, 0.717) is 0 Å². The Morgan fingerprint density at radius 2 is 1.87 bits per heavy atom. The number of para-hydroxylation sites is 1. The van der Waals surface area contributed by atoms with Crippen LogP contribution in [0.4, 0.5) is 18.9 Å². The number of nitrogens with zero attached hydrogens (tertiary/aromatic N) is 4. The van der Waals surface area contributed by atoms with Crippen LogP contribution in [0.2, 0.25) is 0 Å². The summed E-state index contributed by atoms with van der Waals surface area (Å²) in [7, 11) is 1.16. The SMILES string of the molecule is COC(=O)[C@@H](C)Oc1ccc([N+](=O)[O-])cc1C=Nn1c(-c2cccc(C(F)(F)F)c2)nc2ccccc2c1=O. The molecule has 1 atom stereocenters. The first-order valence-corrected chi connectivity index (χ1v) is 11.3. The third-order valence-corrected chi connectivity index (χ3v) is 5.56. The van der Waals surface area contributed by atoms with Crippen LogP contribution in [0.1, 0.15) is 18.1 Å². The number of non-ortho nitro benzene ring substituents is 1. The summed E-state index contributed by atoms with van der Waals surface area (Å²) in [5, 5.41) is 15.6. The molecule has 0 radical (unpaired) electrons. The highest BCUT2D eigenvalue weighted by molar-refractivity contribution is 5.86. The Morgan fingerprint density at radius 3 is 2.56 bits per heavy atom. The molecular formula is C26H19F3N4O6. The average molecular weight is 540 g/mol. The molecule has 1 heterocycles. The van der Waals surface area contributed by atoms with Crippen LogP contribution in [0.15, 0.2) is 76.6 Å². The lowest BCUT2D eigenvalue weighted by atomic mass is 10.1. The number of esters is 1. The minimum Gasteiger partial charge on any atom is -0.478 e. The normalized spacial score (nSPS) is 12.4. The van der Waals surface area contributed by atoms with Crippen molar-refractivity contribution in [2.24, 2.45) is 5.10 Å². The van der Waals surface area contributed by atoms with E-state index in [4.69, 9.17) is 4.74 Å². The zero-order chi connectivity index (χ0) is 28.3. The number of carbonyl (C=O) groups is 1. The van der Waals surface area contributed by atoms with Gasteiger partial charge in [-0.3, -0.25) is 14.9 Å². The smallest absolute Gasteiger partial charge is 0.416 e. The van der Waals surface area contributed by atoms with E-state index in [1.807, 2.05) is 0 Å². The first-order valence-electron chi connectivity index (χ1n) is 11.3. The molecule has 39 heavy (non-hydrogen) atoms. The predicted octanol–water partition coefficient (Wildman–Crippen LogP) is 4.81. The molecule has 4 aromatic rings. The first-order chi connectivity index (χ1) is 18.5. The third kappa shape index (κ3) is 5.76. The second-order valence-electron chi connectivity index (χ2n) is 8.16. The second-order valence-corrected chi connectivity index (χ2v) is 8.16. The molecule has 1 aromatic heterocycles. The highest BCUT2D eigenvalue weighted by Crippen LogP contribution is 2.32. The summed E-state index contributed by atoms with van der Waals surface area (Å²) in [4.78, 5) is 40.3. The number of aromatic nitrogens is 2. The molecule has 200 valence electrons. The highest BCUT2D eigenvalue weighted by atomic mass is 19.4. The van der Waals surface area contributed by atoms with E-state index >= 15 is 0 Å². The number of ether oxygens (including phenoxy) is 2. The van der Waals surface area contributed by atoms with Crippen molar-refractivity contribution in [2.45, 2.75) is 19.2 Å². The molecule has 0 saturated carbocycles. The molecule has 0 spiro atoms. The highest BCUT2D eigenvalue weighted by Gasteiger charge is 2.31. The minimum atomic E-state index is -4.65. The van der Waals surface area contributed by atoms with Gasteiger partial charge in [0.1, 0.15) is 5.75 Å². The Hall–Kier alpha value is -5.07. The number of methoxy groups -OCH3 is 1. The van der Waals surface area contributed by atoms with Gasteiger partial charge in [-0.25, -0.2) is 9.78 Å². The molecule has 0 bridgehead atoms. The van der Waals surface area contributed by atoms with Crippen molar-refractivity contribution in [1.82, 2.24) is 9.66 Å². The summed E-state index contributed by atoms with van der Waals surface area (Å²) in [6.07, 6.45) is -4.68. The maximum Gasteiger partial charge on any atom is 0.416 e. The number of fused-ring (bicyclic) bond motifs is 1. The molecule has 0 aliphatic rings. The van der Waals surface area contributed by atoms with Crippen molar-refractivity contribution in [1.29, 1.82) is 0 Å². The van der Waals surface area contributed by atoms with E-state index < -0.39 is 34.3 Å². The quantitative estimate of drug-likeness (QED) is 0.142. The fraction of sp³-hybridized carbons (Fsp3) is 0.154. The van der Waals surface area contributed by atoms with Gasteiger partial charge in [-0.15, -0.1) is 0 Å². The lowest BCUT2D eigenvalue weighted by molar-refractivity contribution is -0.384. The van der Waals surface area contributed by atoms with E-state index in [0.717, 1.165) is 42.3 Å². The largest absolute Gasteiger partial charge is 0.478 e. The molecule has 0 saturated heterocycles. The Kier molecular flexibility index (Phi) is 7.42. The van der Waals surface area contributed by atoms with E-state index in [2.05, 4.69) is 14.8 Å². The van der Waals surface area contributed by atoms with Gasteiger partial charge in [-0.2, -0.15) is 22.9 Å². The van der Waals surface area contributed by atoms with Gasteiger partial charge >= 0.3 is 12.1 Å². The van der Waals surface area contributed by atoms with E-state index in [1.54, 1.807) is 12.1 Å². The van der Waals surface area contributed by atoms with Crippen LogP contribution in [-0.2, 0) is 15.7 Å². The van der Waals surface area contributed by atoms with Gasteiger partial charge in [-0.1, -0.05) is 24.3 Å². The number of benzene rings is 3.